The molecule has 0 spiro atoms. The Morgan fingerprint density at radius 3 is 2.40 bits per heavy atom. The van der Waals surface area contributed by atoms with Gasteiger partial charge in [-0.15, -0.1) is 11.3 Å². The van der Waals surface area contributed by atoms with Crippen molar-refractivity contribution in [2.75, 3.05) is 20.8 Å². The molecular weight excluding hydrogens is 340 g/mol. The zero-order valence-electron chi connectivity index (χ0n) is 13.9. The first-order chi connectivity index (χ1) is 12.1. The second-order valence-corrected chi connectivity index (χ2v) is 6.41. The Kier molecular flexibility index (Phi) is 5.09. The molecule has 3 aromatic rings. The summed E-state index contributed by atoms with van der Waals surface area (Å²) in [4.78, 5) is 11.8. The van der Waals surface area contributed by atoms with Crippen LogP contribution in [0.3, 0.4) is 0 Å². The van der Waals surface area contributed by atoms with E-state index in [1.54, 1.807) is 26.4 Å². The minimum atomic E-state index is -1.01. The molecule has 0 aliphatic rings. The highest BCUT2D eigenvalue weighted by molar-refractivity contribution is 7.21. The smallest absolute Gasteiger partial charge is 0.349 e. The van der Waals surface area contributed by atoms with Crippen molar-refractivity contribution >= 4 is 27.4 Å². The van der Waals surface area contributed by atoms with Crippen molar-refractivity contribution in [2.45, 2.75) is 6.42 Å². The van der Waals surface area contributed by atoms with Crippen molar-refractivity contribution in [3.63, 3.8) is 0 Å². The maximum atomic E-state index is 11.6. The summed E-state index contributed by atoms with van der Waals surface area (Å²) < 4.78 is 17.2. The van der Waals surface area contributed by atoms with Crippen molar-refractivity contribution in [2.24, 2.45) is 0 Å². The Morgan fingerprint density at radius 1 is 1.08 bits per heavy atom. The second kappa shape index (κ2) is 7.44. The van der Waals surface area contributed by atoms with Crippen LogP contribution in [-0.4, -0.2) is 31.9 Å². The Hall–Kier alpha value is -2.73. The number of benzene rings is 2. The third kappa shape index (κ3) is 3.53. The zero-order chi connectivity index (χ0) is 17.8. The van der Waals surface area contributed by atoms with Gasteiger partial charge in [0, 0.05) is 22.6 Å². The van der Waals surface area contributed by atoms with Gasteiger partial charge in [-0.25, -0.2) is 4.79 Å². The summed E-state index contributed by atoms with van der Waals surface area (Å²) >= 11 is 1.17. The minimum Gasteiger partial charge on any atom is -0.493 e. The van der Waals surface area contributed by atoms with E-state index in [9.17, 15) is 9.90 Å². The maximum Gasteiger partial charge on any atom is 0.349 e. The quantitative estimate of drug-likeness (QED) is 0.684. The molecule has 0 saturated carbocycles. The van der Waals surface area contributed by atoms with Crippen LogP contribution in [0.1, 0.15) is 15.2 Å². The van der Waals surface area contributed by atoms with Crippen LogP contribution in [0.5, 0.6) is 17.2 Å². The van der Waals surface area contributed by atoms with Gasteiger partial charge in [0.1, 0.15) is 0 Å². The molecule has 0 bridgehead atoms. The number of rotatable bonds is 7. The first kappa shape index (κ1) is 17.1. The van der Waals surface area contributed by atoms with Crippen LogP contribution in [0.2, 0.25) is 0 Å². The van der Waals surface area contributed by atoms with Gasteiger partial charge in [0.15, 0.2) is 22.1 Å². The molecule has 0 atom stereocenters. The maximum absolute atomic E-state index is 11.6. The van der Waals surface area contributed by atoms with Crippen molar-refractivity contribution in [1.29, 1.82) is 0 Å². The number of aromatic carboxylic acids is 1. The van der Waals surface area contributed by atoms with Gasteiger partial charge >= 0.3 is 5.97 Å². The molecule has 0 saturated heterocycles. The average molecular weight is 358 g/mol. The minimum absolute atomic E-state index is 0.179. The van der Waals surface area contributed by atoms with Crippen molar-refractivity contribution < 1.29 is 24.1 Å². The highest BCUT2D eigenvalue weighted by atomic mass is 32.1. The number of carboxylic acid groups (broad SMARTS) is 1. The number of hydrogen-bond donors (Lipinski definition) is 1. The average Bonchev–Trinajstić information content (AvgIpc) is 2.99. The standard InChI is InChI=1S/C19H18O5S/c1-22-14-10-13-16(11-15(14)23-2)25-18(19(20)21)17(13)24-9-8-12-6-4-3-5-7-12/h3-7,10-11H,8-9H2,1-2H3,(H,20,21). The van der Waals surface area contributed by atoms with E-state index >= 15 is 0 Å². The molecule has 1 N–H and O–H groups in total. The van der Waals surface area contributed by atoms with Crippen molar-refractivity contribution in [3.05, 3.63) is 52.9 Å². The van der Waals surface area contributed by atoms with Gasteiger partial charge in [-0.2, -0.15) is 0 Å². The number of ether oxygens (including phenoxy) is 3. The van der Waals surface area contributed by atoms with Gasteiger partial charge in [0.05, 0.1) is 20.8 Å². The molecule has 5 nitrogen and oxygen atoms in total. The lowest BCUT2D eigenvalue weighted by atomic mass is 10.2. The Balaban J connectivity index is 1.93. The van der Waals surface area contributed by atoms with Crippen LogP contribution >= 0.6 is 11.3 Å². The number of fused-ring (bicyclic) bond motifs is 1. The molecule has 0 aliphatic carbocycles. The van der Waals surface area contributed by atoms with Crippen LogP contribution in [0, 0.1) is 0 Å². The lowest BCUT2D eigenvalue weighted by Crippen LogP contribution is -2.04. The van der Waals surface area contributed by atoms with Gasteiger partial charge in [-0.1, -0.05) is 30.3 Å². The van der Waals surface area contributed by atoms with E-state index in [0.29, 0.717) is 35.7 Å². The molecule has 1 aromatic heterocycles. The van der Waals surface area contributed by atoms with E-state index < -0.39 is 5.97 Å². The van der Waals surface area contributed by atoms with E-state index in [4.69, 9.17) is 14.2 Å². The molecular formula is C19H18O5S. The van der Waals surface area contributed by atoms with Crippen LogP contribution in [0.25, 0.3) is 10.1 Å². The monoisotopic (exact) mass is 358 g/mol. The number of carbonyl (C=O) groups is 1. The highest BCUT2D eigenvalue weighted by Gasteiger charge is 2.21. The molecule has 25 heavy (non-hydrogen) atoms. The predicted octanol–water partition coefficient (Wildman–Crippen LogP) is 4.24. The van der Waals surface area contributed by atoms with E-state index in [-0.39, 0.29) is 4.88 Å². The Morgan fingerprint density at radius 2 is 1.76 bits per heavy atom. The van der Waals surface area contributed by atoms with Crippen LogP contribution in [0.4, 0.5) is 0 Å². The Labute approximate surface area is 149 Å². The SMILES string of the molecule is COc1cc2sc(C(=O)O)c(OCCc3ccccc3)c2cc1OC. The lowest BCUT2D eigenvalue weighted by molar-refractivity contribution is 0.0698. The van der Waals surface area contributed by atoms with Gasteiger partial charge in [-0.3, -0.25) is 0 Å². The summed E-state index contributed by atoms with van der Waals surface area (Å²) in [5.41, 5.74) is 1.14. The van der Waals surface area contributed by atoms with Crippen LogP contribution in [-0.2, 0) is 6.42 Å². The second-order valence-electron chi connectivity index (χ2n) is 5.35. The zero-order valence-corrected chi connectivity index (χ0v) is 14.8. The molecule has 0 amide bonds. The van der Waals surface area contributed by atoms with Crippen LogP contribution in [0.15, 0.2) is 42.5 Å². The van der Waals surface area contributed by atoms with Gasteiger partial charge in [0.25, 0.3) is 0 Å². The molecule has 2 aromatic carbocycles. The summed E-state index contributed by atoms with van der Waals surface area (Å²) in [6.07, 6.45) is 0.699. The van der Waals surface area contributed by atoms with Crippen molar-refractivity contribution in [3.8, 4) is 17.2 Å². The summed E-state index contributed by atoms with van der Waals surface area (Å²) in [5.74, 6) is 0.472. The topological polar surface area (TPSA) is 65.0 Å². The highest BCUT2D eigenvalue weighted by Crippen LogP contribution is 2.43. The first-order valence-electron chi connectivity index (χ1n) is 7.72. The predicted molar refractivity (Wildman–Crippen MR) is 97.5 cm³/mol. The molecule has 3 rings (SSSR count). The third-order valence-electron chi connectivity index (χ3n) is 3.82. The molecule has 6 heteroatoms. The van der Waals surface area contributed by atoms with E-state index in [0.717, 1.165) is 10.3 Å². The lowest BCUT2D eigenvalue weighted by Gasteiger charge is -2.09. The first-order valence-corrected chi connectivity index (χ1v) is 8.54. The molecule has 0 aliphatic heterocycles. The Bertz CT molecular complexity index is 886. The van der Waals surface area contributed by atoms with Gasteiger partial charge in [0.2, 0.25) is 0 Å². The fraction of sp³-hybridized carbons (Fsp3) is 0.211. The molecule has 0 unspecified atom stereocenters. The molecule has 130 valence electrons. The van der Waals surface area contributed by atoms with Gasteiger partial charge in [-0.05, 0) is 11.6 Å². The number of hydrogen-bond acceptors (Lipinski definition) is 5. The number of methoxy groups -OCH3 is 2. The summed E-state index contributed by atoms with van der Waals surface area (Å²) in [7, 11) is 3.09. The summed E-state index contributed by atoms with van der Waals surface area (Å²) in [5, 5.41) is 10.2. The van der Waals surface area contributed by atoms with E-state index in [1.807, 2.05) is 30.3 Å². The fourth-order valence-corrected chi connectivity index (χ4v) is 3.60. The third-order valence-corrected chi connectivity index (χ3v) is 4.94. The van der Waals surface area contributed by atoms with E-state index in [2.05, 4.69) is 0 Å². The number of thiophene rings is 1. The van der Waals surface area contributed by atoms with Crippen LogP contribution < -0.4 is 14.2 Å². The largest absolute Gasteiger partial charge is 0.493 e. The number of carboxylic acids is 1. The molecule has 0 radical (unpaired) electrons. The molecule has 1 heterocycles. The summed E-state index contributed by atoms with van der Waals surface area (Å²) in [6.45, 7) is 0.393. The summed E-state index contributed by atoms with van der Waals surface area (Å²) in [6, 6.07) is 13.5. The van der Waals surface area contributed by atoms with Gasteiger partial charge < -0.3 is 19.3 Å². The normalized spacial score (nSPS) is 10.6. The van der Waals surface area contributed by atoms with Crippen molar-refractivity contribution in [1.82, 2.24) is 0 Å². The fourth-order valence-electron chi connectivity index (χ4n) is 2.60. The van der Waals surface area contributed by atoms with E-state index in [1.165, 1.54) is 11.3 Å². The molecule has 0 fully saturated rings.